The average molecular weight is 403 g/mol. The van der Waals surface area contributed by atoms with E-state index in [0.717, 1.165) is 25.8 Å². The van der Waals surface area contributed by atoms with Crippen molar-refractivity contribution in [3.63, 3.8) is 0 Å². The highest BCUT2D eigenvalue weighted by Crippen LogP contribution is 2.31. The molecule has 0 radical (unpaired) electrons. The Labute approximate surface area is 152 Å². The fourth-order valence-electron chi connectivity index (χ4n) is 2.22. The molecule has 0 unspecified atom stereocenters. The van der Waals surface area contributed by atoms with Crippen LogP contribution in [0.15, 0.2) is 63.5 Å². The molecule has 0 aliphatic carbocycles. The minimum atomic E-state index is -0.294. The number of benzene rings is 2. The minimum absolute atomic E-state index is 0.0904. The molecule has 122 valence electrons. The summed E-state index contributed by atoms with van der Waals surface area (Å²) in [6.45, 7) is 1.77. The molecule has 6 heteroatoms. The maximum Gasteiger partial charge on any atom is 0.277 e. The van der Waals surface area contributed by atoms with E-state index in [1.807, 2.05) is 60.8 Å². The summed E-state index contributed by atoms with van der Waals surface area (Å²) in [6, 6.07) is 15.5. The lowest BCUT2D eigenvalue weighted by Crippen LogP contribution is -2.25. The Kier molecular flexibility index (Phi) is 5.27. The van der Waals surface area contributed by atoms with Gasteiger partial charge in [0.15, 0.2) is 6.61 Å². The highest BCUT2D eigenvalue weighted by atomic mass is 79.9. The van der Waals surface area contributed by atoms with E-state index >= 15 is 0 Å². The number of ether oxygens (including phenoxy) is 1. The Bertz CT molecular complexity index is 891. The third kappa shape index (κ3) is 3.83. The number of fused-ring (bicyclic) bond motifs is 1. The Morgan fingerprint density at radius 3 is 2.71 bits per heavy atom. The molecule has 3 aromatic rings. The van der Waals surface area contributed by atoms with Crippen LogP contribution in [0.3, 0.4) is 0 Å². The predicted octanol–water partition coefficient (Wildman–Crippen LogP) is 4.58. The number of carbonyl (C=O) groups excluding carboxylic acids is 1. The van der Waals surface area contributed by atoms with Crippen LogP contribution in [0.1, 0.15) is 11.8 Å². The first-order valence-electron chi connectivity index (χ1n) is 7.32. The van der Waals surface area contributed by atoms with Gasteiger partial charge in [0.25, 0.3) is 5.91 Å². The topological polar surface area (TPSA) is 50.7 Å². The first kappa shape index (κ1) is 16.7. The Balaban J connectivity index is 1.65. The third-order valence-electron chi connectivity index (χ3n) is 3.42. The Morgan fingerprint density at radius 2 is 1.96 bits per heavy atom. The second kappa shape index (κ2) is 7.59. The van der Waals surface area contributed by atoms with E-state index in [0.29, 0.717) is 5.75 Å². The molecule has 0 atom stereocenters. The summed E-state index contributed by atoms with van der Waals surface area (Å²) in [5.41, 5.74) is 3.29. The van der Waals surface area contributed by atoms with Gasteiger partial charge in [-0.15, -0.1) is 11.3 Å². The molecule has 3 rings (SSSR count). The van der Waals surface area contributed by atoms with Crippen molar-refractivity contribution in [1.82, 2.24) is 5.43 Å². The van der Waals surface area contributed by atoms with Crippen molar-refractivity contribution >= 4 is 49.7 Å². The van der Waals surface area contributed by atoms with E-state index in [1.54, 1.807) is 11.3 Å². The summed E-state index contributed by atoms with van der Waals surface area (Å²) in [4.78, 5) is 13.0. The van der Waals surface area contributed by atoms with E-state index < -0.39 is 0 Å². The van der Waals surface area contributed by atoms with Gasteiger partial charge in [0.1, 0.15) is 5.75 Å². The molecule has 1 amide bonds. The quantitative estimate of drug-likeness (QED) is 0.501. The van der Waals surface area contributed by atoms with Crippen molar-refractivity contribution in [1.29, 1.82) is 0 Å². The fraction of sp³-hybridized carbons (Fsp3) is 0.111. The summed E-state index contributed by atoms with van der Waals surface area (Å²) >= 11 is 5.10. The van der Waals surface area contributed by atoms with Gasteiger partial charge in [0.05, 0.1) is 5.71 Å². The molecular formula is C18H15BrN2O2S. The molecule has 0 saturated heterocycles. The number of hydrazone groups is 1. The largest absolute Gasteiger partial charge is 0.483 e. The molecule has 0 aliphatic heterocycles. The molecular weight excluding hydrogens is 388 g/mol. The summed E-state index contributed by atoms with van der Waals surface area (Å²) in [5, 5.41) is 8.07. The van der Waals surface area contributed by atoms with Crippen LogP contribution in [0.4, 0.5) is 0 Å². The number of amides is 1. The number of rotatable bonds is 5. The third-order valence-corrected chi connectivity index (χ3v) is 5.09. The number of nitrogens with zero attached hydrogens (tertiary/aromatic N) is 1. The van der Waals surface area contributed by atoms with Gasteiger partial charge in [-0.05, 0) is 35.9 Å². The Hall–Kier alpha value is -2.18. The van der Waals surface area contributed by atoms with Crippen LogP contribution in [-0.4, -0.2) is 18.2 Å². The average Bonchev–Trinajstić information content (AvgIpc) is 3.14. The molecule has 0 bridgehead atoms. The van der Waals surface area contributed by atoms with Crippen LogP contribution in [0.2, 0.25) is 0 Å². The van der Waals surface area contributed by atoms with Gasteiger partial charge in [-0.25, -0.2) is 5.43 Å². The van der Waals surface area contributed by atoms with Crippen LogP contribution in [0, 0.1) is 0 Å². The number of nitrogens with one attached hydrogen (secondary N) is 1. The molecule has 24 heavy (non-hydrogen) atoms. The van der Waals surface area contributed by atoms with E-state index in [9.17, 15) is 4.79 Å². The SMILES string of the molecule is C/C(=N/NC(=O)COc1ccc(Br)c2ccccc12)c1cccs1. The van der Waals surface area contributed by atoms with Gasteiger partial charge in [-0.1, -0.05) is 46.3 Å². The molecule has 0 fully saturated rings. The maximum atomic E-state index is 11.9. The molecule has 1 aromatic heterocycles. The number of hydrogen-bond acceptors (Lipinski definition) is 4. The van der Waals surface area contributed by atoms with Crippen molar-refractivity contribution in [3.05, 3.63) is 63.3 Å². The van der Waals surface area contributed by atoms with Crippen LogP contribution >= 0.6 is 27.3 Å². The van der Waals surface area contributed by atoms with E-state index in [-0.39, 0.29) is 12.5 Å². The van der Waals surface area contributed by atoms with Crippen molar-refractivity contribution in [2.75, 3.05) is 6.61 Å². The molecule has 0 spiro atoms. The van der Waals surface area contributed by atoms with Gasteiger partial charge in [-0.2, -0.15) is 5.10 Å². The van der Waals surface area contributed by atoms with Gasteiger partial charge in [-0.3, -0.25) is 4.79 Å². The maximum absolute atomic E-state index is 11.9. The zero-order valence-corrected chi connectivity index (χ0v) is 15.4. The van der Waals surface area contributed by atoms with Gasteiger partial charge >= 0.3 is 0 Å². The van der Waals surface area contributed by atoms with Crippen LogP contribution < -0.4 is 10.2 Å². The standard InChI is InChI=1S/C18H15BrN2O2S/c1-12(17-7-4-10-24-17)20-21-18(22)11-23-16-9-8-15(19)13-5-2-3-6-14(13)16/h2-10H,11H2,1H3,(H,21,22)/b20-12-. The van der Waals surface area contributed by atoms with E-state index in [1.165, 1.54) is 0 Å². The zero-order chi connectivity index (χ0) is 16.9. The highest BCUT2D eigenvalue weighted by molar-refractivity contribution is 9.10. The highest BCUT2D eigenvalue weighted by Gasteiger charge is 2.08. The second-order valence-corrected chi connectivity index (χ2v) is 6.89. The normalized spacial score (nSPS) is 11.5. The van der Waals surface area contributed by atoms with Crippen molar-refractivity contribution in [2.45, 2.75) is 6.92 Å². The molecule has 1 heterocycles. The lowest BCUT2D eigenvalue weighted by molar-refractivity contribution is -0.123. The lowest BCUT2D eigenvalue weighted by Gasteiger charge is -2.09. The zero-order valence-electron chi connectivity index (χ0n) is 13.0. The van der Waals surface area contributed by atoms with Crippen LogP contribution in [0.5, 0.6) is 5.75 Å². The molecule has 0 saturated carbocycles. The number of thiophene rings is 1. The number of carbonyl (C=O) groups is 1. The smallest absolute Gasteiger partial charge is 0.277 e. The number of hydrogen-bond donors (Lipinski definition) is 1. The fourth-order valence-corrected chi connectivity index (χ4v) is 3.38. The lowest BCUT2D eigenvalue weighted by atomic mass is 10.1. The van der Waals surface area contributed by atoms with Crippen LogP contribution in [-0.2, 0) is 4.79 Å². The molecule has 0 aliphatic rings. The first-order chi connectivity index (χ1) is 11.6. The second-order valence-electron chi connectivity index (χ2n) is 5.09. The van der Waals surface area contributed by atoms with Crippen molar-refractivity contribution in [2.24, 2.45) is 5.10 Å². The van der Waals surface area contributed by atoms with Gasteiger partial charge in [0.2, 0.25) is 0 Å². The van der Waals surface area contributed by atoms with Crippen LogP contribution in [0.25, 0.3) is 10.8 Å². The first-order valence-corrected chi connectivity index (χ1v) is 8.99. The van der Waals surface area contributed by atoms with Crippen molar-refractivity contribution in [3.8, 4) is 5.75 Å². The summed E-state index contributed by atoms with van der Waals surface area (Å²) in [7, 11) is 0. The summed E-state index contributed by atoms with van der Waals surface area (Å²) < 4.78 is 6.65. The molecule has 1 N–H and O–H groups in total. The van der Waals surface area contributed by atoms with E-state index in [2.05, 4.69) is 26.5 Å². The summed E-state index contributed by atoms with van der Waals surface area (Å²) in [5.74, 6) is 0.376. The minimum Gasteiger partial charge on any atom is -0.483 e. The van der Waals surface area contributed by atoms with E-state index in [4.69, 9.17) is 4.74 Å². The monoisotopic (exact) mass is 402 g/mol. The van der Waals surface area contributed by atoms with Gasteiger partial charge in [0, 0.05) is 14.7 Å². The van der Waals surface area contributed by atoms with Gasteiger partial charge < -0.3 is 4.74 Å². The van der Waals surface area contributed by atoms with Crippen molar-refractivity contribution < 1.29 is 9.53 Å². The summed E-state index contributed by atoms with van der Waals surface area (Å²) in [6.07, 6.45) is 0. The Morgan fingerprint density at radius 1 is 1.17 bits per heavy atom. The molecule has 4 nitrogen and oxygen atoms in total. The number of halogens is 1. The predicted molar refractivity (Wildman–Crippen MR) is 102 cm³/mol. The molecule has 2 aromatic carbocycles.